The van der Waals surface area contributed by atoms with Crippen LogP contribution in [0.15, 0.2) is 6.20 Å². The zero-order chi connectivity index (χ0) is 11.4. The van der Waals surface area contributed by atoms with E-state index in [1.807, 2.05) is 0 Å². The third kappa shape index (κ3) is 2.57. The molecule has 1 aromatic rings. The topological polar surface area (TPSA) is 75.9 Å². The van der Waals surface area contributed by atoms with E-state index in [2.05, 4.69) is 20.7 Å². The molecular formula is C10H16FN5. The van der Waals surface area contributed by atoms with E-state index in [0.717, 1.165) is 12.7 Å². The van der Waals surface area contributed by atoms with Crippen molar-refractivity contribution < 1.29 is 4.39 Å². The summed E-state index contributed by atoms with van der Waals surface area (Å²) < 4.78 is 13.3. The quantitative estimate of drug-likeness (QED) is 0.535. The van der Waals surface area contributed by atoms with Crippen LogP contribution in [0.25, 0.3) is 0 Å². The number of hydrazine groups is 1. The number of nitrogens with two attached hydrogens (primary N) is 1. The lowest BCUT2D eigenvalue weighted by Crippen LogP contribution is -2.16. The molecule has 1 saturated carbocycles. The van der Waals surface area contributed by atoms with Gasteiger partial charge >= 0.3 is 0 Å². The number of nitrogen functional groups attached to an aromatic ring is 1. The summed E-state index contributed by atoms with van der Waals surface area (Å²) in [7, 11) is 0. The Morgan fingerprint density at radius 3 is 2.88 bits per heavy atom. The molecular weight excluding hydrogens is 209 g/mol. The van der Waals surface area contributed by atoms with Crippen molar-refractivity contribution in [1.82, 2.24) is 9.97 Å². The Labute approximate surface area is 93.6 Å². The number of nitrogens with one attached hydrogen (secondary N) is 2. The molecule has 1 fully saturated rings. The Kier molecular flexibility index (Phi) is 3.51. The van der Waals surface area contributed by atoms with Crippen LogP contribution in [0.2, 0.25) is 0 Å². The molecule has 0 bridgehead atoms. The molecule has 6 heteroatoms. The molecule has 0 radical (unpaired) electrons. The van der Waals surface area contributed by atoms with E-state index in [1.165, 1.54) is 25.7 Å². The lowest BCUT2D eigenvalue weighted by atomic mass is 10.1. The van der Waals surface area contributed by atoms with Gasteiger partial charge in [-0.2, -0.15) is 4.98 Å². The molecule has 0 atom stereocenters. The Hall–Kier alpha value is -1.43. The van der Waals surface area contributed by atoms with E-state index >= 15 is 0 Å². The molecule has 0 aliphatic heterocycles. The van der Waals surface area contributed by atoms with Crippen LogP contribution in [0.3, 0.4) is 0 Å². The Morgan fingerprint density at radius 1 is 1.44 bits per heavy atom. The first-order valence-corrected chi connectivity index (χ1v) is 5.52. The van der Waals surface area contributed by atoms with Gasteiger partial charge in [-0.15, -0.1) is 0 Å². The number of rotatable bonds is 4. The zero-order valence-corrected chi connectivity index (χ0v) is 9.04. The highest BCUT2D eigenvalue weighted by Crippen LogP contribution is 2.25. The minimum atomic E-state index is -0.447. The van der Waals surface area contributed by atoms with Crippen molar-refractivity contribution in [3.8, 4) is 0 Å². The number of hydrogen-bond donors (Lipinski definition) is 3. The van der Waals surface area contributed by atoms with Gasteiger partial charge in [0.1, 0.15) is 0 Å². The summed E-state index contributed by atoms with van der Waals surface area (Å²) in [6.07, 6.45) is 6.07. The molecule has 2 rings (SSSR count). The summed E-state index contributed by atoms with van der Waals surface area (Å²) in [6.45, 7) is 0.762. The van der Waals surface area contributed by atoms with Crippen LogP contribution in [0.4, 0.5) is 16.2 Å². The average molecular weight is 225 g/mol. The molecule has 1 aromatic heterocycles. The number of anilines is 2. The second-order valence-electron chi connectivity index (χ2n) is 4.07. The predicted octanol–water partition coefficient (Wildman–Crippen LogP) is 1.50. The highest BCUT2D eigenvalue weighted by Gasteiger charge is 2.15. The Morgan fingerprint density at radius 2 is 2.19 bits per heavy atom. The third-order valence-electron chi connectivity index (χ3n) is 2.91. The summed E-state index contributed by atoms with van der Waals surface area (Å²) in [5, 5.41) is 3.01. The van der Waals surface area contributed by atoms with Gasteiger partial charge in [-0.05, 0) is 18.8 Å². The Balaban J connectivity index is 1.96. The van der Waals surface area contributed by atoms with E-state index in [-0.39, 0.29) is 11.8 Å². The lowest BCUT2D eigenvalue weighted by Gasteiger charge is -2.11. The smallest absolute Gasteiger partial charge is 0.239 e. The van der Waals surface area contributed by atoms with Crippen molar-refractivity contribution in [2.75, 3.05) is 17.3 Å². The normalized spacial score (nSPS) is 16.4. The molecule has 0 spiro atoms. The highest BCUT2D eigenvalue weighted by molar-refractivity contribution is 5.40. The summed E-state index contributed by atoms with van der Waals surface area (Å²) in [5.41, 5.74) is 2.29. The second kappa shape index (κ2) is 5.07. The van der Waals surface area contributed by atoms with Gasteiger partial charge in [-0.1, -0.05) is 12.8 Å². The molecule has 1 heterocycles. The first kappa shape index (κ1) is 11.1. The summed E-state index contributed by atoms with van der Waals surface area (Å²) >= 11 is 0. The maximum atomic E-state index is 13.3. The fourth-order valence-electron chi connectivity index (χ4n) is 2.02. The van der Waals surface area contributed by atoms with Crippen molar-refractivity contribution in [3.63, 3.8) is 0 Å². The first-order chi connectivity index (χ1) is 7.79. The van der Waals surface area contributed by atoms with Gasteiger partial charge < -0.3 is 5.32 Å². The minimum Gasteiger partial charge on any atom is -0.367 e. The molecule has 0 amide bonds. The molecule has 1 aliphatic rings. The van der Waals surface area contributed by atoms with E-state index in [4.69, 9.17) is 5.84 Å². The second-order valence-corrected chi connectivity index (χ2v) is 4.07. The SMILES string of the molecule is NNc1ncc(F)c(NCC2CCCC2)n1. The maximum Gasteiger partial charge on any atom is 0.239 e. The predicted molar refractivity (Wildman–Crippen MR) is 60.2 cm³/mol. The summed E-state index contributed by atoms with van der Waals surface area (Å²) in [6, 6.07) is 0. The fraction of sp³-hybridized carbons (Fsp3) is 0.600. The van der Waals surface area contributed by atoms with Crippen LogP contribution in [-0.4, -0.2) is 16.5 Å². The largest absolute Gasteiger partial charge is 0.367 e. The van der Waals surface area contributed by atoms with Crippen LogP contribution in [0.1, 0.15) is 25.7 Å². The molecule has 5 nitrogen and oxygen atoms in total. The molecule has 4 N–H and O–H groups in total. The van der Waals surface area contributed by atoms with E-state index in [9.17, 15) is 4.39 Å². The van der Waals surface area contributed by atoms with Crippen molar-refractivity contribution in [2.45, 2.75) is 25.7 Å². The standard InChI is InChI=1S/C10H16FN5/c11-8-6-14-10(16-12)15-9(8)13-5-7-3-1-2-4-7/h6-7H,1-5,12H2,(H2,13,14,15,16). The number of halogens is 1. The number of aromatic nitrogens is 2. The van der Waals surface area contributed by atoms with Crippen molar-refractivity contribution in [3.05, 3.63) is 12.0 Å². The van der Waals surface area contributed by atoms with Crippen molar-refractivity contribution >= 4 is 11.8 Å². The monoisotopic (exact) mass is 225 g/mol. The van der Waals surface area contributed by atoms with Crippen LogP contribution in [0.5, 0.6) is 0 Å². The van der Waals surface area contributed by atoms with Gasteiger partial charge in [0.15, 0.2) is 11.6 Å². The summed E-state index contributed by atoms with van der Waals surface area (Å²) in [4.78, 5) is 7.59. The molecule has 0 unspecified atom stereocenters. The molecule has 88 valence electrons. The van der Waals surface area contributed by atoms with Gasteiger partial charge in [-0.3, -0.25) is 5.43 Å². The first-order valence-electron chi connectivity index (χ1n) is 5.52. The maximum absolute atomic E-state index is 13.3. The molecule has 16 heavy (non-hydrogen) atoms. The number of nitrogens with zero attached hydrogens (tertiary/aromatic N) is 2. The van der Waals surface area contributed by atoms with E-state index < -0.39 is 5.82 Å². The van der Waals surface area contributed by atoms with Crippen LogP contribution >= 0.6 is 0 Å². The van der Waals surface area contributed by atoms with Crippen molar-refractivity contribution in [1.29, 1.82) is 0 Å². The highest BCUT2D eigenvalue weighted by atomic mass is 19.1. The minimum absolute atomic E-state index is 0.217. The van der Waals surface area contributed by atoms with Crippen LogP contribution < -0.4 is 16.6 Å². The number of hydrogen-bond acceptors (Lipinski definition) is 5. The summed E-state index contributed by atoms with van der Waals surface area (Å²) in [5.74, 6) is 5.78. The molecule has 0 saturated heterocycles. The lowest BCUT2D eigenvalue weighted by molar-refractivity contribution is 0.570. The van der Waals surface area contributed by atoms with Gasteiger partial charge in [0, 0.05) is 6.54 Å². The van der Waals surface area contributed by atoms with E-state index in [1.54, 1.807) is 0 Å². The van der Waals surface area contributed by atoms with Gasteiger partial charge in [0.2, 0.25) is 5.95 Å². The van der Waals surface area contributed by atoms with Crippen LogP contribution in [-0.2, 0) is 0 Å². The fourth-order valence-corrected chi connectivity index (χ4v) is 2.02. The van der Waals surface area contributed by atoms with Gasteiger partial charge in [0.25, 0.3) is 0 Å². The van der Waals surface area contributed by atoms with Crippen molar-refractivity contribution in [2.24, 2.45) is 11.8 Å². The third-order valence-corrected chi connectivity index (χ3v) is 2.91. The zero-order valence-electron chi connectivity index (χ0n) is 9.04. The average Bonchev–Trinajstić information content (AvgIpc) is 2.81. The molecule has 0 aromatic carbocycles. The van der Waals surface area contributed by atoms with E-state index in [0.29, 0.717) is 5.92 Å². The molecule has 1 aliphatic carbocycles. The Bertz CT molecular complexity index is 351. The van der Waals surface area contributed by atoms with Crippen LogP contribution in [0, 0.1) is 11.7 Å². The van der Waals surface area contributed by atoms with Gasteiger partial charge in [-0.25, -0.2) is 15.2 Å². The van der Waals surface area contributed by atoms with Gasteiger partial charge in [0.05, 0.1) is 6.20 Å².